The van der Waals surface area contributed by atoms with Gasteiger partial charge in [-0.25, -0.2) is 4.39 Å². The van der Waals surface area contributed by atoms with Crippen molar-refractivity contribution in [3.05, 3.63) is 75.8 Å². The number of fused-ring (bicyclic) bond motifs is 1. The lowest BCUT2D eigenvalue weighted by atomic mass is 10.1. The minimum Gasteiger partial charge on any atom is -0.395 e. The lowest BCUT2D eigenvalue weighted by molar-refractivity contribution is 0.182. The molecule has 4 nitrogen and oxygen atoms in total. The van der Waals surface area contributed by atoms with Gasteiger partial charge < -0.3 is 9.51 Å². The molecule has 0 atom stereocenters. The van der Waals surface area contributed by atoms with Gasteiger partial charge in [0.15, 0.2) is 0 Å². The molecule has 2 aromatic heterocycles. The molecule has 3 rings (SSSR count). The van der Waals surface area contributed by atoms with Crippen molar-refractivity contribution in [3.63, 3.8) is 0 Å². The fourth-order valence-corrected chi connectivity index (χ4v) is 3.34. The zero-order chi connectivity index (χ0) is 17.8. The normalized spacial score (nSPS) is 11.2. The highest BCUT2D eigenvalue weighted by Crippen LogP contribution is 2.22. The van der Waals surface area contributed by atoms with E-state index in [1.165, 1.54) is 6.07 Å². The van der Waals surface area contributed by atoms with Gasteiger partial charge in [-0.1, -0.05) is 22.0 Å². The Kier molecular flexibility index (Phi) is 5.49. The SMILES string of the molecule is N#Cc1c(CN(CCO)Cc2cc(Br)ccc2F)cn2ccccc12. The standard InChI is InChI=1S/C19H17BrFN3O/c20-16-4-5-18(21)14(9-16)11-23(7-8-25)12-15-13-24-6-2-1-3-19(24)17(15)10-22/h1-6,9,13,25H,7-8,11-12H2. The summed E-state index contributed by atoms with van der Waals surface area (Å²) in [4.78, 5) is 1.93. The van der Waals surface area contributed by atoms with Crippen LogP contribution >= 0.6 is 15.9 Å². The number of nitrogens with zero attached hydrogens (tertiary/aromatic N) is 3. The maximum atomic E-state index is 14.1. The molecular formula is C19H17BrFN3O. The highest BCUT2D eigenvalue weighted by atomic mass is 79.9. The van der Waals surface area contributed by atoms with Gasteiger partial charge in [0.1, 0.15) is 11.9 Å². The fraction of sp³-hybridized carbons (Fsp3) is 0.211. The van der Waals surface area contributed by atoms with E-state index in [1.54, 1.807) is 12.1 Å². The van der Waals surface area contributed by atoms with Crippen molar-refractivity contribution >= 4 is 21.4 Å². The number of halogens is 2. The van der Waals surface area contributed by atoms with Crippen LogP contribution in [0.25, 0.3) is 5.52 Å². The summed E-state index contributed by atoms with van der Waals surface area (Å²) in [5.74, 6) is -0.284. The number of aliphatic hydroxyl groups is 1. The first-order valence-corrected chi connectivity index (χ1v) is 8.67. The molecule has 0 aliphatic carbocycles. The largest absolute Gasteiger partial charge is 0.395 e. The number of nitriles is 1. The monoisotopic (exact) mass is 401 g/mol. The summed E-state index contributed by atoms with van der Waals surface area (Å²) in [7, 11) is 0. The van der Waals surface area contributed by atoms with Crippen molar-refractivity contribution in [2.45, 2.75) is 13.1 Å². The van der Waals surface area contributed by atoms with Gasteiger partial charge in [0, 0.05) is 47.6 Å². The zero-order valence-corrected chi connectivity index (χ0v) is 15.1. The number of aromatic nitrogens is 1. The van der Waals surface area contributed by atoms with Crippen LogP contribution in [0, 0.1) is 17.1 Å². The predicted octanol–water partition coefficient (Wildman–Crippen LogP) is 3.71. The van der Waals surface area contributed by atoms with Gasteiger partial charge in [0.05, 0.1) is 17.7 Å². The molecule has 0 unspecified atom stereocenters. The van der Waals surface area contributed by atoms with E-state index < -0.39 is 0 Å². The van der Waals surface area contributed by atoms with E-state index in [1.807, 2.05) is 39.9 Å². The molecule has 0 saturated carbocycles. The maximum absolute atomic E-state index is 14.1. The Bertz CT molecular complexity index is 932. The first kappa shape index (κ1) is 17.6. The van der Waals surface area contributed by atoms with Crippen LogP contribution in [-0.2, 0) is 13.1 Å². The Morgan fingerprint density at radius 2 is 2.00 bits per heavy atom. The van der Waals surface area contributed by atoms with Gasteiger partial charge in [0.25, 0.3) is 0 Å². The molecule has 0 amide bonds. The first-order chi connectivity index (χ1) is 12.1. The Morgan fingerprint density at radius 1 is 1.20 bits per heavy atom. The highest BCUT2D eigenvalue weighted by Gasteiger charge is 2.15. The third-order valence-corrected chi connectivity index (χ3v) is 4.58. The quantitative estimate of drug-likeness (QED) is 0.684. The molecule has 0 fully saturated rings. The van der Waals surface area contributed by atoms with Crippen LogP contribution in [0.3, 0.4) is 0 Å². The number of aliphatic hydroxyl groups excluding tert-OH is 1. The second-order valence-electron chi connectivity index (χ2n) is 5.80. The van der Waals surface area contributed by atoms with E-state index in [0.717, 1.165) is 15.6 Å². The van der Waals surface area contributed by atoms with Crippen LogP contribution in [0.5, 0.6) is 0 Å². The summed E-state index contributed by atoms with van der Waals surface area (Å²) in [5, 5.41) is 18.9. The van der Waals surface area contributed by atoms with Crippen LogP contribution < -0.4 is 0 Å². The van der Waals surface area contributed by atoms with Crippen molar-refractivity contribution in [1.82, 2.24) is 9.30 Å². The van der Waals surface area contributed by atoms with Gasteiger partial charge in [-0.3, -0.25) is 4.90 Å². The summed E-state index contributed by atoms with van der Waals surface area (Å²) >= 11 is 3.36. The number of hydrogen-bond acceptors (Lipinski definition) is 3. The lowest BCUT2D eigenvalue weighted by Crippen LogP contribution is -2.26. The van der Waals surface area contributed by atoms with E-state index in [-0.39, 0.29) is 12.4 Å². The highest BCUT2D eigenvalue weighted by molar-refractivity contribution is 9.10. The van der Waals surface area contributed by atoms with Gasteiger partial charge in [-0.15, -0.1) is 0 Å². The average molecular weight is 402 g/mol. The van der Waals surface area contributed by atoms with Crippen molar-refractivity contribution in [3.8, 4) is 6.07 Å². The summed E-state index contributed by atoms with van der Waals surface area (Å²) in [6, 6.07) is 12.8. The second kappa shape index (κ2) is 7.79. The molecule has 3 aromatic rings. The van der Waals surface area contributed by atoms with E-state index in [9.17, 15) is 14.8 Å². The molecule has 0 aliphatic rings. The Balaban J connectivity index is 1.90. The first-order valence-electron chi connectivity index (χ1n) is 7.88. The van der Waals surface area contributed by atoms with Gasteiger partial charge >= 0.3 is 0 Å². The smallest absolute Gasteiger partial charge is 0.127 e. The predicted molar refractivity (Wildman–Crippen MR) is 97.4 cm³/mol. The van der Waals surface area contributed by atoms with E-state index >= 15 is 0 Å². The fourth-order valence-electron chi connectivity index (χ4n) is 2.93. The van der Waals surface area contributed by atoms with Crippen LogP contribution in [0.15, 0.2) is 53.3 Å². The molecule has 6 heteroatoms. The number of pyridine rings is 1. The summed E-state index contributed by atoms with van der Waals surface area (Å²) < 4.78 is 16.8. The number of rotatable bonds is 6. The van der Waals surface area contributed by atoms with Gasteiger partial charge in [-0.05, 0) is 30.3 Å². The molecular weight excluding hydrogens is 385 g/mol. The lowest BCUT2D eigenvalue weighted by Gasteiger charge is -2.21. The van der Waals surface area contributed by atoms with Crippen molar-refractivity contribution in [2.75, 3.05) is 13.2 Å². The zero-order valence-electron chi connectivity index (χ0n) is 13.5. The molecule has 0 aliphatic heterocycles. The summed E-state index contributed by atoms with van der Waals surface area (Å²) in [6.45, 7) is 1.16. The minimum atomic E-state index is -0.284. The Morgan fingerprint density at radius 3 is 2.76 bits per heavy atom. The van der Waals surface area contributed by atoms with Gasteiger partial charge in [0.2, 0.25) is 0 Å². The molecule has 0 radical (unpaired) electrons. The third-order valence-electron chi connectivity index (χ3n) is 4.09. The third kappa shape index (κ3) is 3.90. The van der Waals surface area contributed by atoms with Crippen molar-refractivity contribution in [2.24, 2.45) is 0 Å². The maximum Gasteiger partial charge on any atom is 0.127 e. The second-order valence-corrected chi connectivity index (χ2v) is 6.72. The number of hydrogen-bond donors (Lipinski definition) is 1. The topological polar surface area (TPSA) is 51.7 Å². The Labute approximate surface area is 153 Å². The van der Waals surface area contributed by atoms with Crippen LogP contribution in [0.4, 0.5) is 4.39 Å². The minimum absolute atomic E-state index is 0.0368. The van der Waals surface area contributed by atoms with E-state index in [2.05, 4.69) is 22.0 Å². The average Bonchev–Trinajstić information content (AvgIpc) is 2.95. The molecule has 0 bridgehead atoms. The van der Waals surface area contributed by atoms with Crippen LogP contribution in [0.2, 0.25) is 0 Å². The summed E-state index contributed by atoms with van der Waals surface area (Å²) in [6.07, 6.45) is 3.81. The molecule has 1 N–H and O–H groups in total. The molecule has 0 spiro atoms. The Hall–Kier alpha value is -2.20. The molecule has 1 aromatic carbocycles. The molecule has 25 heavy (non-hydrogen) atoms. The molecule has 2 heterocycles. The molecule has 0 saturated heterocycles. The van der Waals surface area contributed by atoms with E-state index in [0.29, 0.717) is 30.8 Å². The van der Waals surface area contributed by atoms with Gasteiger partial charge in [-0.2, -0.15) is 5.26 Å². The van der Waals surface area contributed by atoms with Crippen molar-refractivity contribution < 1.29 is 9.50 Å². The number of benzene rings is 1. The molecule has 128 valence electrons. The summed E-state index contributed by atoms with van der Waals surface area (Å²) in [5.41, 5.74) is 2.86. The van der Waals surface area contributed by atoms with E-state index in [4.69, 9.17) is 0 Å². The van der Waals surface area contributed by atoms with Crippen molar-refractivity contribution in [1.29, 1.82) is 5.26 Å². The van der Waals surface area contributed by atoms with Crippen LogP contribution in [0.1, 0.15) is 16.7 Å². The van der Waals surface area contributed by atoms with Crippen LogP contribution in [-0.4, -0.2) is 27.6 Å².